The minimum absolute atomic E-state index is 0.246. The van der Waals surface area contributed by atoms with Crippen LogP contribution in [0.5, 0.6) is 5.75 Å². The molecule has 110 valence electrons. The molecule has 0 saturated heterocycles. The number of hydrogen-bond acceptors (Lipinski definition) is 2. The smallest absolute Gasteiger partial charge is 0.126 e. The van der Waals surface area contributed by atoms with E-state index in [0.29, 0.717) is 25.0 Å². The van der Waals surface area contributed by atoms with Gasteiger partial charge in [0, 0.05) is 6.42 Å². The lowest BCUT2D eigenvalue weighted by molar-refractivity contribution is 0.142. The highest BCUT2D eigenvalue weighted by Gasteiger charge is 2.24. The first-order valence-electron chi connectivity index (χ1n) is 7.37. The number of rotatable bonds is 4. The van der Waals surface area contributed by atoms with E-state index in [9.17, 15) is 9.50 Å². The van der Waals surface area contributed by atoms with E-state index in [1.807, 2.05) is 18.2 Å². The number of para-hydroxylation sites is 1. The molecule has 2 atom stereocenters. The molecule has 3 heteroatoms. The minimum Gasteiger partial charge on any atom is -0.493 e. The predicted octanol–water partition coefficient (Wildman–Crippen LogP) is 3.69. The normalized spacial score (nSPS) is 18.7. The van der Waals surface area contributed by atoms with Gasteiger partial charge in [-0.2, -0.15) is 0 Å². The molecule has 0 bridgehead atoms. The molecule has 3 rings (SSSR count). The van der Waals surface area contributed by atoms with E-state index in [1.54, 1.807) is 18.2 Å². The number of benzene rings is 2. The van der Waals surface area contributed by atoms with E-state index in [2.05, 4.69) is 6.07 Å². The molecule has 2 nitrogen and oxygen atoms in total. The van der Waals surface area contributed by atoms with Crippen LogP contribution >= 0.6 is 0 Å². The van der Waals surface area contributed by atoms with Crippen molar-refractivity contribution in [2.24, 2.45) is 0 Å². The Labute approximate surface area is 124 Å². The Bertz CT molecular complexity index is 612. The molecular weight excluding hydrogens is 267 g/mol. The first kappa shape index (κ1) is 14.1. The quantitative estimate of drug-likeness (QED) is 0.929. The van der Waals surface area contributed by atoms with Gasteiger partial charge in [-0.25, -0.2) is 4.39 Å². The summed E-state index contributed by atoms with van der Waals surface area (Å²) in [4.78, 5) is 0. The van der Waals surface area contributed by atoms with Crippen molar-refractivity contribution in [3.63, 3.8) is 0 Å². The summed E-state index contributed by atoms with van der Waals surface area (Å²) < 4.78 is 19.3. The van der Waals surface area contributed by atoms with Gasteiger partial charge >= 0.3 is 0 Å². The van der Waals surface area contributed by atoms with Crippen LogP contribution in [0.3, 0.4) is 0 Å². The molecule has 1 N–H and O–H groups in total. The fourth-order valence-corrected chi connectivity index (χ4v) is 2.99. The van der Waals surface area contributed by atoms with Crippen molar-refractivity contribution >= 4 is 0 Å². The maximum Gasteiger partial charge on any atom is 0.126 e. The van der Waals surface area contributed by atoms with Crippen molar-refractivity contribution < 1.29 is 14.2 Å². The molecule has 2 aromatic carbocycles. The Morgan fingerprint density at radius 2 is 1.90 bits per heavy atom. The second-order valence-electron chi connectivity index (χ2n) is 5.56. The summed E-state index contributed by atoms with van der Waals surface area (Å²) >= 11 is 0. The summed E-state index contributed by atoms with van der Waals surface area (Å²) in [5, 5.41) is 10.3. The van der Waals surface area contributed by atoms with E-state index < -0.39 is 6.10 Å². The van der Waals surface area contributed by atoms with Gasteiger partial charge in [0.2, 0.25) is 0 Å². The van der Waals surface area contributed by atoms with Gasteiger partial charge in [-0.15, -0.1) is 0 Å². The van der Waals surface area contributed by atoms with Crippen molar-refractivity contribution in [1.29, 1.82) is 0 Å². The Kier molecular flexibility index (Phi) is 4.20. The maximum absolute atomic E-state index is 13.6. The average molecular weight is 286 g/mol. The Morgan fingerprint density at radius 1 is 1.14 bits per heavy atom. The van der Waals surface area contributed by atoms with E-state index in [-0.39, 0.29) is 11.7 Å². The van der Waals surface area contributed by atoms with Crippen molar-refractivity contribution in [3.05, 3.63) is 65.5 Å². The fraction of sp³-hybridized carbons (Fsp3) is 0.333. The van der Waals surface area contributed by atoms with Crippen molar-refractivity contribution in [3.8, 4) is 5.75 Å². The largest absolute Gasteiger partial charge is 0.493 e. The summed E-state index contributed by atoms with van der Waals surface area (Å²) in [7, 11) is 0. The topological polar surface area (TPSA) is 29.5 Å². The summed E-state index contributed by atoms with van der Waals surface area (Å²) in [6, 6.07) is 14.6. The molecule has 0 radical (unpaired) electrons. The SMILES string of the molecule is OC(Cc1ccccc1F)CC1CCOc2ccccc21. The van der Waals surface area contributed by atoms with Gasteiger partial charge in [-0.1, -0.05) is 36.4 Å². The number of hydrogen-bond donors (Lipinski definition) is 1. The third-order valence-corrected chi connectivity index (χ3v) is 4.05. The molecule has 0 aliphatic carbocycles. The number of halogens is 1. The predicted molar refractivity (Wildman–Crippen MR) is 80.0 cm³/mol. The number of fused-ring (bicyclic) bond motifs is 1. The zero-order valence-electron chi connectivity index (χ0n) is 11.8. The van der Waals surface area contributed by atoms with Crippen LogP contribution in [0.25, 0.3) is 0 Å². The highest BCUT2D eigenvalue weighted by molar-refractivity contribution is 5.37. The first-order chi connectivity index (χ1) is 10.2. The molecular formula is C18H19FO2. The van der Waals surface area contributed by atoms with E-state index in [1.165, 1.54) is 6.07 Å². The Hall–Kier alpha value is -1.87. The van der Waals surface area contributed by atoms with Gasteiger partial charge in [-0.05, 0) is 42.0 Å². The van der Waals surface area contributed by atoms with Crippen molar-refractivity contribution in [2.45, 2.75) is 31.3 Å². The van der Waals surface area contributed by atoms with Gasteiger partial charge in [0.1, 0.15) is 11.6 Å². The maximum atomic E-state index is 13.6. The van der Waals surface area contributed by atoms with E-state index >= 15 is 0 Å². The molecule has 0 aromatic heterocycles. The van der Waals surface area contributed by atoms with Gasteiger partial charge in [0.25, 0.3) is 0 Å². The van der Waals surface area contributed by atoms with Crippen LogP contribution in [0.15, 0.2) is 48.5 Å². The van der Waals surface area contributed by atoms with Crippen LogP contribution in [0, 0.1) is 5.82 Å². The molecule has 2 aromatic rings. The second-order valence-corrected chi connectivity index (χ2v) is 5.56. The Balaban J connectivity index is 1.69. The summed E-state index contributed by atoms with van der Waals surface area (Å²) in [6.07, 6.45) is 1.34. The fourth-order valence-electron chi connectivity index (χ4n) is 2.99. The van der Waals surface area contributed by atoms with Crippen molar-refractivity contribution in [2.75, 3.05) is 6.61 Å². The molecule has 1 aliphatic rings. The number of aliphatic hydroxyl groups excluding tert-OH is 1. The van der Waals surface area contributed by atoms with E-state index in [4.69, 9.17) is 4.74 Å². The first-order valence-corrected chi connectivity index (χ1v) is 7.37. The van der Waals surface area contributed by atoms with Gasteiger partial charge in [0.15, 0.2) is 0 Å². The highest BCUT2D eigenvalue weighted by Crippen LogP contribution is 2.36. The summed E-state index contributed by atoms with van der Waals surface area (Å²) in [5.74, 6) is 0.937. The lowest BCUT2D eigenvalue weighted by Crippen LogP contribution is -2.21. The van der Waals surface area contributed by atoms with E-state index in [0.717, 1.165) is 17.7 Å². The third kappa shape index (κ3) is 3.24. The molecule has 2 unspecified atom stereocenters. The van der Waals surface area contributed by atoms with Gasteiger partial charge in [-0.3, -0.25) is 0 Å². The standard InChI is InChI=1S/C18H19FO2/c19-17-7-3-1-5-14(17)12-15(20)11-13-9-10-21-18-8-4-2-6-16(13)18/h1-8,13,15,20H,9-12H2. The third-order valence-electron chi connectivity index (χ3n) is 4.05. The molecule has 1 heterocycles. The second kappa shape index (κ2) is 6.27. The average Bonchev–Trinajstić information content (AvgIpc) is 2.50. The minimum atomic E-state index is -0.543. The van der Waals surface area contributed by atoms with Crippen LogP contribution in [-0.4, -0.2) is 17.8 Å². The summed E-state index contributed by atoms with van der Waals surface area (Å²) in [6.45, 7) is 0.675. The molecule has 0 amide bonds. The van der Waals surface area contributed by atoms with Crippen LogP contribution in [-0.2, 0) is 6.42 Å². The van der Waals surface area contributed by atoms with Crippen LogP contribution in [0.1, 0.15) is 29.9 Å². The molecule has 0 fully saturated rings. The van der Waals surface area contributed by atoms with Crippen LogP contribution in [0.4, 0.5) is 4.39 Å². The number of aliphatic hydroxyl groups is 1. The molecule has 0 saturated carbocycles. The highest BCUT2D eigenvalue weighted by atomic mass is 19.1. The summed E-state index contributed by atoms with van der Waals surface area (Å²) in [5.41, 5.74) is 1.72. The zero-order valence-corrected chi connectivity index (χ0v) is 11.8. The van der Waals surface area contributed by atoms with Crippen LogP contribution in [0.2, 0.25) is 0 Å². The lowest BCUT2D eigenvalue weighted by Gasteiger charge is -2.27. The lowest BCUT2D eigenvalue weighted by atomic mass is 9.87. The number of ether oxygens (including phenoxy) is 1. The molecule has 1 aliphatic heterocycles. The van der Waals surface area contributed by atoms with Crippen LogP contribution < -0.4 is 4.74 Å². The van der Waals surface area contributed by atoms with Crippen molar-refractivity contribution in [1.82, 2.24) is 0 Å². The Morgan fingerprint density at radius 3 is 2.76 bits per heavy atom. The zero-order chi connectivity index (χ0) is 14.7. The molecule has 21 heavy (non-hydrogen) atoms. The molecule has 0 spiro atoms. The van der Waals surface area contributed by atoms with Gasteiger partial charge in [0.05, 0.1) is 12.7 Å². The monoisotopic (exact) mass is 286 g/mol. The van der Waals surface area contributed by atoms with Gasteiger partial charge < -0.3 is 9.84 Å².